The zero-order chi connectivity index (χ0) is 38.5. The van der Waals surface area contributed by atoms with Crippen LogP contribution >= 0.6 is 7.82 Å². The summed E-state index contributed by atoms with van der Waals surface area (Å²) < 4.78 is 26.4. The number of phosphoric acid groups is 1. The molecular weight excluding hydrogens is 687 g/mol. The Morgan fingerprint density at radius 1 is 0.692 bits per heavy atom. The Kier molecular flexibility index (Phi) is 29.0. The van der Waals surface area contributed by atoms with Crippen LogP contribution in [-0.4, -0.2) is 74.7 Å². The van der Waals surface area contributed by atoms with E-state index >= 15 is 0 Å². The van der Waals surface area contributed by atoms with Gasteiger partial charge in [-0.2, -0.15) is 0 Å². The second kappa shape index (κ2) is 30.9. The minimum atomic E-state index is -4.81. The zero-order valence-corrected chi connectivity index (χ0v) is 33.4. The number of esters is 2. The molecule has 0 aromatic carbocycles. The van der Waals surface area contributed by atoms with Crippen LogP contribution in [0.3, 0.4) is 0 Å². The fourth-order valence-electron chi connectivity index (χ4n) is 7.00. The Balaban J connectivity index is 2.27. The standard InChI is InChI=1S/C40H75O11P/c1-3-5-7-8-9-10-11-12-13-14-15-16-17-22-26-39(44)49-31-34(32-50-52(46,47)48)51-40(45)27-23-19-18-21-25-35-36(38(43)30-37(35)42)29-28-33(41)24-20-6-4-2/h28-29,33-38,41-43H,3-27,30-32H2,1-2H3,(H2,46,47,48)/b29-28+/t33-,34+,35+,36+,37-,38+/m0/s1. The minimum Gasteiger partial charge on any atom is -0.462 e. The highest BCUT2D eigenvalue weighted by atomic mass is 31.2. The summed E-state index contributed by atoms with van der Waals surface area (Å²) in [5, 5.41) is 31.2. The maximum absolute atomic E-state index is 12.5. The van der Waals surface area contributed by atoms with Crippen molar-refractivity contribution in [1.82, 2.24) is 0 Å². The van der Waals surface area contributed by atoms with Crippen LogP contribution in [-0.2, 0) is 28.2 Å². The van der Waals surface area contributed by atoms with E-state index in [1.165, 1.54) is 64.2 Å². The van der Waals surface area contributed by atoms with Crippen molar-refractivity contribution < 1.29 is 53.3 Å². The molecule has 12 heteroatoms. The van der Waals surface area contributed by atoms with Gasteiger partial charge in [0.25, 0.3) is 0 Å². The molecule has 0 spiro atoms. The molecule has 0 radical (unpaired) electrons. The van der Waals surface area contributed by atoms with Crippen molar-refractivity contribution in [3.63, 3.8) is 0 Å². The summed E-state index contributed by atoms with van der Waals surface area (Å²) in [6.45, 7) is 3.42. The van der Waals surface area contributed by atoms with Gasteiger partial charge in [-0.3, -0.25) is 14.1 Å². The molecule has 0 unspecified atom stereocenters. The second-order valence-electron chi connectivity index (χ2n) is 14.9. The number of phosphoric ester groups is 1. The number of aliphatic hydroxyl groups is 3. The van der Waals surface area contributed by atoms with Crippen LogP contribution in [0.25, 0.3) is 0 Å². The summed E-state index contributed by atoms with van der Waals surface area (Å²) in [5.41, 5.74) is 0. The van der Waals surface area contributed by atoms with E-state index in [1.807, 2.05) is 6.08 Å². The first-order valence-corrected chi connectivity index (χ1v) is 22.3. The van der Waals surface area contributed by atoms with E-state index in [1.54, 1.807) is 6.08 Å². The molecule has 1 fully saturated rings. The van der Waals surface area contributed by atoms with Gasteiger partial charge in [0.05, 0.1) is 24.9 Å². The molecule has 11 nitrogen and oxygen atoms in total. The van der Waals surface area contributed by atoms with E-state index in [0.29, 0.717) is 25.7 Å². The van der Waals surface area contributed by atoms with Gasteiger partial charge in [-0.1, -0.05) is 148 Å². The predicted molar refractivity (Wildman–Crippen MR) is 204 cm³/mol. The average molecular weight is 763 g/mol. The maximum atomic E-state index is 12.5. The van der Waals surface area contributed by atoms with Crippen LogP contribution in [0.15, 0.2) is 12.2 Å². The van der Waals surface area contributed by atoms with Crippen LogP contribution in [0.5, 0.6) is 0 Å². The normalized spacial score (nSPS) is 20.4. The molecular formula is C40H75O11P. The van der Waals surface area contributed by atoms with Crippen molar-refractivity contribution in [1.29, 1.82) is 0 Å². The first kappa shape index (κ1) is 48.7. The van der Waals surface area contributed by atoms with Gasteiger partial charge >= 0.3 is 19.8 Å². The van der Waals surface area contributed by atoms with Gasteiger partial charge in [-0.05, 0) is 31.6 Å². The molecule has 5 N–H and O–H groups in total. The molecule has 0 heterocycles. The van der Waals surface area contributed by atoms with Gasteiger partial charge in [0.1, 0.15) is 6.61 Å². The summed E-state index contributed by atoms with van der Waals surface area (Å²) in [7, 11) is -4.81. The lowest BCUT2D eigenvalue weighted by atomic mass is 9.88. The summed E-state index contributed by atoms with van der Waals surface area (Å²) >= 11 is 0. The third kappa shape index (κ3) is 26.4. The van der Waals surface area contributed by atoms with E-state index < -0.39 is 50.8 Å². The number of carbonyl (C=O) groups is 2. The molecule has 0 aromatic heterocycles. The molecule has 0 bridgehead atoms. The molecule has 1 rings (SSSR count). The smallest absolute Gasteiger partial charge is 0.462 e. The number of carbonyl (C=O) groups excluding carboxylic acids is 2. The number of ether oxygens (including phenoxy) is 2. The molecule has 0 saturated heterocycles. The molecule has 6 atom stereocenters. The van der Waals surface area contributed by atoms with Crippen molar-refractivity contribution >= 4 is 19.8 Å². The lowest BCUT2D eigenvalue weighted by Crippen LogP contribution is -2.29. The molecule has 0 aromatic rings. The largest absolute Gasteiger partial charge is 0.469 e. The third-order valence-corrected chi connectivity index (χ3v) is 10.6. The van der Waals surface area contributed by atoms with Gasteiger partial charge < -0.3 is 34.6 Å². The number of rotatable bonds is 34. The SMILES string of the molecule is CCCCCCCCCCCCCCCCC(=O)OC[C@H](COP(=O)(O)O)OC(=O)CCCCCC[C@@H]1[C@@H](/C=C/[C@@H](O)CCCCC)[C@H](O)C[C@@H]1O. The lowest BCUT2D eigenvalue weighted by Gasteiger charge is -2.21. The lowest BCUT2D eigenvalue weighted by molar-refractivity contribution is -0.161. The second-order valence-corrected chi connectivity index (χ2v) is 16.2. The van der Waals surface area contributed by atoms with E-state index in [0.717, 1.165) is 64.2 Å². The first-order chi connectivity index (χ1) is 25.0. The molecule has 306 valence electrons. The van der Waals surface area contributed by atoms with Crippen molar-refractivity contribution in [2.45, 2.75) is 205 Å². The summed E-state index contributed by atoms with van der Waals surface area (Å²) in [4.78, 5) is 43.0. The van der Waals surface area contributed by atoms with E-state index in [9.17, 15) is 29.5 Å². The topological polar surface area (TPSA) is 180 Å². The van der Waals surface area contributed by atoms with E-state index in [2.05, 4.69) is 18.4 Å². The molecule has 1 aliphatic carbocycles. The van der Waals surface area contributed by atoms with Crippen molar-refractivity contribution in [2.75, 3.05) is 13.2 Å². The highest BCUT2D eigenvalue weighted by Crippen LogP contribution is 2.38. The number of aliphatic hydroxyl groups excluding tert-OH is 3. The van der Waals surface area contributed by atoms with Crippen LogP contribution in [0.2, 0.25) is 0 Å². The van der Waals surface area contributed by atoms with Crippen LogP contribution in [0.4, 0.5) is 0 Å². The quantitative estimate of drug-likeness (QED) is 0.0183. The molecule has 1 saturated carbocycles. The van der Waals surface area contributed by atoms with E-state index in [4.69, 9.17) is 19.3 Å². The Bertz CT molecular complexity index is 971. The summed E-state index contributed by atoms with van der Waals surface area (Å²) in [6, 6.07) is 0. The first-order valence-electron chi connectivity index (χ1n) is 20.7. The zero-order valence-electron chi connectivity index (χ0n) is 32.6. The van der Waals surface area contributed by atoms with Gasteiger partial charge in [0.2, 0.25) is 0 Å². The van der Waals surface area contributed by atoms with Crippen molar-refractivity contribution in [3.05, 3.63) is 12.2 Å². The Labute approximate surface area is 314 Å². The summed E-state index contributed by atoms with van der Waals surface area (Å²) in [5.74, 6) is -1.31. The maximum Gasteiger partial charge on any atom is 0.469 e. The van der Waals surface area contributed by atoms with Crippen LogP contribution < -0.4 is 0 Å². The number of hydrogen-bond acceptors (Lipinski definition) is 9. The molecule has 1 aliphatic rings. The van der Waals surface area contributed by atoms with Gasteiger partial charge in [0, 0.05) is 25.2 Å². The third-order valence-electron chi connectivity index (χ3n) is 10.1. The van der Waals surface area contributed by atoms with E-state index in [-0.39, 0.29) is 31.3 Å². The fourth-order valence-corrected chi connectivity index (χ4v) is 7.36. The average Bonchev–Trinajstić information content (AvgIpc) is 3.37. The van der Waals surface area contributed by atoms with Gasteiger partial charge in [-0.25, -0.2) is 4.57 Å². The van der Waals surface area contributed by atoms with Crippen LogP contribution in [0, 0.1) is 11.8 Å². The number of unbranched alkanes of at least 4 members (excludes halogenated alkanes) is 18. The Hall–Kier alpha value is -1.33. The van der Waals surface area contributed by atoms with Crippen molar-refractivity contribution in [2.24, 2.45) is 11.8 Å². The molecule has 0 aliphatic heterocycles. The molecule has 0 amide bonds. The highest BCUT2D eigenvalue weighted by molar-refractivity contribution is 7.46. The number of hydrogen-bond donors (Lipinski definition) is 5. The van der Waals surface area contributed by atoms with Gasteiger partial charge in [-0.15, -0.1) is 0 Å². The summed E-state index contributed by atoms with van der Waals surface area (Å²) in [6.07, 6.45) is 25.7. The Morgan fingerprint density at radius 3 is 1.75 bits per heavy atom. The van der Waals surface area contributed by atoms with Crippen LogP contribution in [0.1, 0.15) is 181 Å². The fraction of sp³-hybridized carbons (Fsp3) is 0.900. The minimum absolute atomic E-state index is 0.0887. The Morgan fingerprint density at radius 2 is 1.19 bits per heavy atom. The van der Waals surface area contributed by atoms with Crippen molar-refractivity contribution in [3.8, 4) is 0 Å². The predicted octanol–water partition coefficient (Wildman–Crippen LogP) is 8.62. The molecule has 52 heavy (non-hydrogen) atoms. The highest BCUT2D eigenvalue weighted by Gasteiger charge is 2.39. The van der Waals surface area contributed by atoms with Gasteiger partial charge in [0.15, 0.2) is 6.10 Å². The monoisotopic (exact) mass is 763 g/mol.